The van der Waals surface area contributed by atoms with Gasteiger partial charge >= 0.3 is 0 Å². The molecule has 0 radical (unpaired) electrons. The summed E-state index contributed by atoms with van der Waals surface area (Å²) in [4.78, 5) is 12.3. The average molecular weight is 357 g/mol. The highest BCUT2D eigenvalue weighted by atomic mass is 19.1. The smallest absolute Gasteiger partial charge is 0.240 e. The molecular formula is C20H21F2N3O. The maximum absolute atomic E-state index is 14.3. The van der Waals surface area contributed by atoms with E-state index in [9.17, 15) is 13.6 Å². The molecule has 4 nitrogen and oxygen atoms in total. The van der Waals surface area contributed by atoms with E-state index in [1.165, 1.54) is 11.9 Å². The molecule has 136 valence electrons. The second-order valence-corrected chi connectivity index (χ2v) is 6.47. The van der Waals surface area contributed by atoms with Crippen LogP contribution >= 0.6 is 0 Å². The second kappa shape index (κ2) is 7.33. The zero-order chi connectivity index (χ0) is 18.7. The number of nitrogens with zero attached hydrogens (tertiary/aromatic N) is 2. The molecular weight excluding hydrogens is 336 g/mol. The zero-order valence-electron chi connectivity index (χ0n) is 14.6. The molecule has 3 rings (SSSR count). The van der Waals surface area contributed by atoms with Gasteiger partial charge in [-0.15, -0.1) is 0 Å². The number of hydrogen-bond acceptors (Lipinski definition) is 3. The minimum absolute atomic E-state index is 0.0850. The number of nitrogens with two attached hydrogens (primary N) is 1. The summed E-state index contributed by atoms with van der Waals surface area (Å²) in [5.41, 5.74) is 6.30. The van der Waals surface area contributed by atoms with Gasteiger partial charge in [-0.05, 0) is 43.1 Å². The Labute approximate surface area is 151 Å². The molecule has 6 heteroatoms. The topological polar surface area (TPSA) is 58.7 Å². The van der Waals surface area contributed by atoms with Gasteiger partial charge < -0.3 is 5.73 Å². The van der Waals surface area contributed by atoms with E-state index < -0.39 is 17.2 Å². The highest BCUT2D eigenvalue weighted by Gasteiger charge is 2.46. The van der Waals surface area contributed by atoms with Crippen LogP contribution in [0.3, 0.4) is 0 Å². The van der Waals surface area contributed by atoms with Crippen LogP contribution in [0.2, 0.25) is 0 Å². The van der Waals surface area contributed by atoms with Crippen molar-refractivity contribution >= 4 is 11.6 Å². The highest BCUT2D eigenvalue weighted by molar-refractivity contribution is 6.03. The zero-order valence-corrected chi connectivity index (χ0v) is 14.6. The molecule has 1 aliphatic rings. The van der Waals surface area contributed by atoms with Crippen LogP contribution in [-0.2, 0) is 10.3 Å². The van der Waals surface area contributed by atoms with Crippen LogP contribution in [0.15, 0.2) is 53.6 Å². The summed E-state index contributed by atoms with van der Waals surface area (Å²) in [6.45, 7) is 1.89. The lowest BCUT2D eigenvalue weighted by molar-refractivity contribution is -0.135. The molecule has 0 saturated heterocycles. The fourth-order valence-electron chi connectivity index (χ4n) is 3.55. The normalized spacial score (nSPS) is 19.5. The maximum atomic E-state index is 14.3. The molecule has 2 N–H and O–H groups in total. The van der Waals surface area contributed by atoms with Crippen LogP contribution in [-0.4, -0.2) is 23.2 Å². The van der Waals surface area contributed by atoms with Crippen molar-refractivity contribution in [2.45, 2.75) is 31.7 Å². The largest absolute Gasteiger partial charge is 0.330 e. The third-order valence-electron chi connectivity index (χ3n) is 4.73. The molecule has 2 aromatic rings. The fourth-order valence-corrected chi connectivity index (χ4v) is 3.55. The summed E-state index contributed by atoms with van der Waals surface area (Å²) in [5, 5.41) is 5.80. The van der Waals surface area contributed by atoms with E-state index in [1.54, 1.807) is 0 Å². The summed E-state index contributed by atoms with van der Waals surface area (Å²) in [7, 11) is 0. The van der Waals surface area contributed by atoms with E-state index in [-0.39, 0.29) is 11.5 Å². The summed E-state index contributed by atoms with van der Waals surface area (Å²) < 4.78 is 27.9. The van der Waals surface area contributed by atoms with Crippen molar-refractivity contribution in [3.8, 4) is 0 Å². The Bertz CT molecular complexity index is 838. The monoisotopic (exact) mass is 357 g/mol. The van der Waals surface area contributed by atoms with Gasteiger partial charge in [-0.25, -0.2) is 13.8 Å². The van der Waals surface area contributed by atoms with Gasteiger partial charge in [0.05, 0.1) is 11.3 Å². The van der Waals surface area contributed by atoms with Gasteiger partial charge in [0.15, 0.2) is 0 Å². The van der Waals surface area contributed by atoms with E-state index in [1.807, 2.05) is 30.3 Å². The van der Waals surface area contributed by atoms with Crippen LogP contribution in [0.5, 0.6) is 0 Å². The molecule has 1 aliphatic heterocycles. The lowest BCUT2D eigenvalue weighted by atomic mass is 9.80. The molecule has 2 aromatic carbocycles. The van der Waals surface area contributed by atoms with Gasteiger partial charge in [0, 0.05) is 18.9 Å². The first kappa shape index (κ1) is 18.2. The van der Waals surface area contributed by atoms with Crippen LogP contribution in [0.25, 0.3) is 0 Å². The second-order valence-electron chi connectivity index (χ2n) is 6.47. The van der Waals surface area contributed by atoms with Crippen molar-refractivity contribution in [3.05, 3.63) is 71.3 Å². The molecule has 1 amide bonds. The van der Waals surface area contributed by atoms with E-state index in [0.29, 0.717) is 31.5 Å². The van der Waals surface area contributed by atoms with Gasteiger partial charge in [0.1, 0.15) is 11.6 Å². The van der Waals surface area contributed by atoms with Gasteiger partial charge in [-0.3, -0.25) is 4.79 Å². The number of hydrazone groups is 1. The van der Waals surface area contributed by atoms with E-state index >= 15 is 0 Å². The van der Waals surface area contributed by atoms with Crippen LogP contribution < -0.4 is 5.73 Å². The van der Waals surface area contributed by atoms with Gasteiger partial charge in [-0.1, -0.05) is 30.3 Å². The number of rotatable bonds is 5. The molecule has 0 spiro atoms. The highest BCUT2D eigenvalue weighted by Crippen LogP contribution is 2.43. The van der Waals surface area contributed by atoms with Crippen LogP contribution in [0.1, 0.15) is 37.3 Å². The number of carbonyl (C=O) groups is 1. The van der Waals surface area contributed by atoms with Crippen molar-refractivity contribution in [3.63, 3.8) is 0 Å². The summed E-state index contributed by atoms with van der Waals surface area (Å²) in [5.74, 6) is -1.35. The number of amides is 1. The third-order valence-corrected chi connectivity index (χ3v) is 4.73. The van der Waals surface area contributed by atoms with Crippen LogP contribution in [0, 0.1) is 11.6 Å². The maximum Gasteiger partial charge on any atom is 0.240 e. The Hall–Kier alpha value is -2.60. The van der Waals surface area contributed by atoms with Gasteiger partial charge in [0.2, 0.25) is 5.91 Å². The number of hydrogen-bond donors (Lipinski definition) is 1. The molecule has 0 saturated carbocycles. The quantitative estimate of drug-likeness (QED) is 0.890. The Balaban J connectivity index is 2.11. The number of benzene rings is 2. The molecule has 1 heterocycles. The standard InChI is InChI=1S/C20H21F2N3O/c1-14(26)25-20(10-5-11-23,15-6-3-2-4-7-15)13-19(24-25)17-12-16(21)8-9-18(17)22/h2-4,6-9,12H,5,10-11,13,23H2,1H3/t20-/m0/s1. The Morgan fingerprint density at radius 3 is 2.62 bits per heavy atom. The van der Waals surface area contributed by atoms with Crippen LogP contribution in [0.4, 0.5) is 8.78 Å². The fraction of sp³-hybridized carbons (Fsp3) is 0.300. The van der Waals surface area contributed by atoms with Crippen molar-refractivity contribution in [1.29, 1.82) is 0 Å². The predicted molar refractivity (Wildman–Crippen MR) is 96.4 cm³/mol. The lowest BCUT2D eigenvalue weighted by Crippen LogP contribution is -2.43. The van der Waals surface area contributed by atoms with E-state index in [0.717, 1.165) is 23.8 Å². The molecule has 0 bridgehead atoms. The van der Waals surface area contributed by atoms with Crippen molar-refractivity contribution in [2.75, 3.05) is 6.54 Å². The molecule has 1 atom stereocenters. The summed E-state index contributed by atoms with van der Waals surface area (Å²) >= 11 is 0. The van der Waals surface area contributed by atoms with Crippen molar-refractivity contribution in [1.82, 2.24) is 5.01 Å². The predicted octanol–water partition coefficient (Wildman–Crippen LogP) is 3.56. The lowest BCUT2D eigenvalue weighted by Gasteiger charge is -2.36. The number of carbonyl (C=O) groups excluding carboxylic acids is 1. The van der Waals surface area contributed by atoms with Gasteiger partial charge in [-0.2, -0.15) is 5.10 Å². The third kappa shape index (κ3) is 3.24. The summed E-state index contributed by atoms with van der Waals surface area (Å²) in [6.07, 6.45) is 1.56. The first-order valence-electron chi connectivity index (χ1n) is 8.57. The molecule has 26 heavy (non-hydrogen) atoms. The Morgan fingerprint density at radius 1 is 1.23 bits per heavy atom. The van der Waals surface area contributed by atoms with Gasteiger partial charge in [0.25, 0.3) is 0 Å². The Kier molecular flexibility index (Phi) is 5.13. The van der Waals surface area contributed by atoms with Crippen molar-refractivity contribution in [2.24, 2.45) is 10.8 Å². The van der Waals surface area contributed by atoms with E-state index in [4.69, 9.17) is 5.73 Å². The minimum atomic E-state index is -0.749. The van der Waals surface area contributed by atoms with E-state index in [2.05, 4.69) is 5.10 Å². The average Bonchev–Trinajstić information content (AvgIpc) is 3.04. The molecule has 0 aromatic heterocycles. The van der Waals surface area contributed by atoms with Crippen molar-refractivity contribution < 1.29 is 13.6 Å². The minimum Gasteiger partial charge on any atom is -0.330 e. The molecule has 0 aliphatic carbocycles. The molecule has 0 fully saturated rings. The molecule has 0 unspecified atom stereocenters. The summed E-state index contributed by atoms with van der Waals surface area (Å²) in [6, 6.07) is 12.8. The SMILES string of the molecule is CC(=O)N1N=C(c2cc(F)ccc2F)C[C@@]1(CCCN)c1ccccc1. The first-order chi connectivity index (χ1) is 12.5. The number of halogens is 2. The Morgan fingerprint density at radius 2 is 1.96 bits per heavy atom. The first-order valence-corrected chi connectivity index (χ1v) is 8.57.